The number of aromatic nitrogens is 3. The molecule has 0 aliphatic heterocycles. The van der Waals surface area contributed by atoms with Gasteiger partial charge in [-0.05, 0) is 25.7 Å². The summed E-state index contributed by atoms with van der Waals surface area (Å²) < 4.78 is 27.0. The molecule has 9 heteroatoms. The van der Waals surface area contributed by atoms with Crippen LogP contribution in [-0.4, -0.2) is 65.1 Å². The molecule has 138 valence electrons. The van der Waals surface area contributed by atoms with Crippen LogP contribution in [0.3, 0.4) is 0 Å². The molecule has 1 aromatic rings. The molecule has 0 aromatic carbocycles. The third-order valence-electron chi connectivity index (χ3n) is 3.76. The van der Waals surface area contributed by atoms with Gasteiger partial charge in [-0.25, -0.2) is 18.2 Å². The van der Waals surface area contributed by atoms with Gasteiger partial charge in [0.1, 0.15) is 6.33 Å². The lowest BCUT2D eigenvalue weighted by Crippen LogP contribution is -2.36. The molecule has 0 aliphatic carbocycles. The van der Waals surface area contributed by atoms with E-state index in [2.05, 4.69) is 23.9 Å². The highest BCUT2D eigenvalue weighted by atomic mass is 32.2. The summed E-state index contributed by atoms with van der Waals surface area (Å²) in [6.45, 7) is 9.58. The molecule has 0 N–H and O–H groups in total. The van der Waals surface area contributed by atoms with Gasteiger partial charge in [-0.3, -0.25) is 0 Å². The first kappa shape index (κ1) is 20.6. The van der Waals surface area contributed by atoms with E-state index in [9.17, 15) is 13.2 Å². The normalized spacial score (nSPS) is 12.1. The average Bonchev–Trinajstić information content (AvgIpc) is 3.03. The molecule has 0 saturated carbocycles. The summed E-state index contributed by atoms with van der Waals surface area (Å²) in [5, 5.41) is 3.55. The van der Waals surface area contributed by atoms with Crippen molar-refractivity contribution >= 4 is 16.1 Å². The van der Waals surface area contributed by atoms with E-state index in [1.165, 1.54) is 17.7 Å². The first-order valence-electron chi connectivity index (χ1n) is 8.41. The SMILES string of the molecule is CCCCN(C)S(=O)(=O)c1ncn(C(=O)N(CC)CCC(C)C)n1. The first-order chi connectivity index (χ1) is 11.2. The third-order valence-corrected chi connectivity index (χ3v) is 5.41. The number of nitrogens with zero attached hydrogens (tertiary/aromatic N) is 5. The Bertz CT molecular complexity index is 627. The van der Waals surface area contributed by atoms with Crippen LogP contribution in [0.1, 0.15) is 47.0 Å². The Morgan fingerprint density at radius 1 is 1.29 bits per heavy atom. The Balaban J connectivity index is 2.88. The number of unbranched alkanes of at least 4 members (excludes halogenated alkanes) is 1. The quantitative estimate of drug-likeness (QED) is 0.673. The monoisotopic (exact) mass is 359 g/mol. The zero-order chi connectivity index (χ0) is 18.3. The maximum absolute atomic E-state index is 12.4. The number of carbonyl (C=O) groups is 1. The van der Waals surface area contributed by atoms with Crippen molar-refractivity contribution in [2.24, 2.45) is 5.92 Å². The molecule has 0 atom stereocenters. The van der Waals surface area contributed by atoms with Crippen molar-refractivity contribution in [3.05, 3.63) is 6.33 Å². The van der Waals surface area contributed by atoms with Gasteiger partial charge in [-0.1, -0.05) is 27.2 Å². The maximum Gasteiger partial charge on any atom is 0.346 e. The van der Waals surface area contributed by atoms with Gasteiger partial charge in [0.15, 0.2) is 0 Å². The highest BCUT2D eigenvalue weighted by molar-refractivity contribution is 7.88. The van der Waals surface area contributed by atoms with Crippen molar-refractivity contribution in [1.82, 2.24) is 24.0 Å². The van der Waals surface area contributed by atoms with Gasteiger partial charge in [0.25, 0.3) is 15.2 Å². The molecule has 24 heavy (non-hydrogen) atoms. The lowest BCUT2D eigenvalue weighted by atomic mass is 10.1. The fourth-order valence-electron chi connectivity index (χ4n) is 2.05. The summed E-state index contributed by atoms with van der Waals surface area (Å²) in [7, 11) is -2.27. The Kier molecular flexibility index (Phi) is 7.82. The van der Waals surface area contributed by atoms with Gasteiger partial charge >= 0.3 is 6.03 Å². The molecule has 1 rings (SSSR count). The third kappa shape index (κ3) is 5.27. The number of hydrogen-bond acceptors (Lipinski definition) is 5. The molecule has 1 aromatic heterocycles. The van der Waals surface area contributed by atoms with Crippen molar-refractivity contribution in [3.63, 3.8) is 0 Å². The minimum Gasteiger partial charge on any atom is -0.323 e. The molecule has 0 spiro atoms. The molecule has 1 amide bonds. The van der Waals surface area contributed by atoms with E-state index in [0.717, 1.165) is 23.9 Å². The van der Waals surface area contributed by atoms with Crippen LogP contribution in [0.2, 0.25) is 0 Å². The fraction of sp³-hybridized carbons (Fsp3) is 0.800. The lowest BCUT2D eigenvalue weighted by Gasteiger charge is -2.21. The second kappa shape index (κ2) is 9.12. The number of rotatable bonds is 9. The number of sulfonamides is 1. The Labute approximate surface area is 144 Å². The zero-order valence-electron chi connectivity index (χ0n) is 15.3. The molecule has 8 nitrogen and oxygen atoms in total. The summed E-state index contributed by atoms with van der Waals surface area (Å²) in [5.41, 5.74) is 0. The highest BCUT2D eigenvalue weighted by Gasteiger charge is 2.26. The van der Waals surface area contributed by atoms with E-state index in [0.29, 0.717) is 25.6 Å². The van der Waals surface area contributed by atoms with Crippen LogP contribution in [0.5, 0.6) is 0 Å². The predicted molar refractivity (Wildman–Crippen MR) is 92.2 cm³/mol. The molecule has 0 saturated heterocycles. The second-order valence-electron chi connectivity index (χ2n) is 6.20. The van der Waals surface area contributed by atoms with Crippen molar-refractivity contribution in [3.8, 4) is 0 Å². The van der Waals surface area contributed by atoms with Crippen LogP contribution < -0.4 is 0 Å². The maximum atomic E-state index is 12.4. The largest absolute Gasteiger partial charge is 0.346 e. The number of hydrogen-bond donors (Lipinski definition) is 0. The van der Waals surface area contributed by atoms with Gasteiger partial charge in [0.2, 0.25) is 0 Å². The van der Waals surface area contributed by atoms with E-state index in [4.69, 9.17) is 0 Å². The fourth-order valence-corrected chi connectivity index (χ4v) is 3.07. The van der Waals surface area contributed by atoms with Gasteiger partial charge in [0.05, 0.1) is 0 Å². The molecule has 0 fully saturated rings. The summed E-state index contributed by atoms with van der Waals surface area (Å²) in [4.78, 5) is 17.9. The summed E-state index contributed by atoms with van der Waals surface area (Å²) >= 11 is 0. The molecule has 0 radical (unpaired) electrons. The minimum atomic E-state index is -3.76. The summed E-state index contributed by atoms with van der Waals surface area (Å²) in [5.74, 6) is 0.478. The number of carbonyl (C=O) groups excluding carboxylic acids is 1. The van der Waals surface area contributed by atoms with Gasteiger partial charge in [-0.2, -0.15) is 8.99 Å². The predicted octanol–water partition coefficient (Wildman–Crippen LogP) is 2.03. The van der Waals surface area contributed by atoms with Crippen molar-refractivity contribution in [2.45, 2.75) is 52.1 Å². The average molecular weight is 359 g/mol. The Hall–Kier alpha value is -1.48. The van der Waals surface area contributed by atoms with Crippen molar-refractivity contribution in [1.29, 1.82) is 0 Å². The molecular weight excluding hydrogens is 330 g/mol. The first-order valence-corrected chi connectivity index (χ1v) is 9.85. The molecule has 1 heterocycles. The van der Waals surface area contributed by atoms with E-state index in [-0.39, 0.29) is 11.2 Å². The smallest absolute Gasteiger partial charge is 0.323 e. The van der Waals surface area contributed by atoms with Crippen LogP contribution in [-0.2, 0) is 10.0 Å². The molecular formula is C15H29N5O3S. The van der Waals surface area contributed by atoms with Crippen LogP contribution in [0.4, 0.5) is 4.79 Å². The van der Waals surface area contributed by atoms with Crippen LogP contribution in [0, 0.1) is 5.92 Å². The molecule has 0 aliphatic rings. The van der Waals surface area contributed by atoms with E-state index in [1.54, 1.807) is 4.90 Å². The second-order valence-corrected chi connectivity index (χ2v) is 8.14. The van der Waals surface area contributed by atoms with Gasteiger partial charge in [0, 0.05) is 26.7 Å². The van der Waals surface area contributed by atoms with Crippen molar-refractivity contribution in [2.75, 3.05) is 26.7 Å². The summed E-state index contributed by atoms with van der Waals surface area (Å²) in [6.07, 6.45) is 3.69. The standard InChI is InChI=1S/C15H29N5O3S/c1-6-8-10-18(5)24(22,23)14-16-12-20(17-14)15(21)19(7-2)11-9-13(3)4/h12-13H,6-11H2,1-5H3. The summed E-state index contributed by atoms with van der Waals surface area (Å²) in [6, 6.07) is -0.358. The minimum absolute atomic E-state index is 0.339. The van der Waals surface area contributed by atoms with E-state index >= 15 is 0 Å². The lowest BCUT2D eigenvalue weighted by molar-refractivity contribution is 0.195. The van der Waals surface area contributed by atoms with Crippen LogP contribution in [0.15, 0.2) is 11.5 Å². The van der Waals surface area contributed by atoms with E-state index < -0.39 is 10.0 Å². The number of amides is 1. The molecule has 0 unspecified atom stereocenters. The zero-order valence-corrected chi connectivity index (χ0v) is 16.1. The van der Waals surface area contributed by atoms with E-state index in [1.807, 2.05) is 13.8 Å². The van der Waals surface area contributed by atoms with Crippen LogP contribution >= 0.6 is 0 Å². The highest BCUT2D eigenvalue weighted by Crippen LogP contribution is 2.10. The van der Waals surface area contributed by atoms with Gasteiger partial charge in [-0.15, -0.1) is 5.10 Å². The molecule has 0 bridgehead atoms. The van der Waals surface area contributed by atoms with Crippen LogP contribution in [0.25, 0.3) is 0 Å². The van der Waals surface area contributed by atoms with Gasteiger partial charge < -0.3 is 4.90 Å². The topological polar surface area (TPSA) is 88.4 Å². The Morgan fingerprint density at radius 2 is 1.96 bits per heavy atom. The Morgan fingerprint density at radius 3 is 2.50 bits per heavy atom. The van der Waals surface area contributed by atoms with Crippen molar-refractivity contribution < 1.29 is 13.2 Å².